The van der Waals surface area contributed by atoms with Crippen molar-refractivity contribution >= 4 is 39.1 Å². The van der Waals surface area contributed by atoms with Crippen molar-refractivity contribution in [2.75, 3.05) is 25.6 Å². The van der Waals surface area contributed by atoms with Crippen LogP contribution in [0.2, 0.25) is 0 Å². The minimum atomic E-state index is -0.269. The molecular weight excluding hydrogens is 338 g/mol. The third-order valence-corrected chi connectivity index (χ3v) is 4.42. The van der Waals surface area contributed by atoms with E-state index in [2.05, 4.69) is 15.0 Å². The summed E-state index contributed by atoms with van der Waals surface area (Å²) in [7, 11) is 1.58. The number of rotatable bonds is 6. The number of hydrogen-bond donors (Lipinski definition) is 2. The van der Waals surface area contributed by atoms with Crippen LogP contribution in [0.3, 0.4) is 0 Å². The van der Waals surface area contributed by atoms with Gasteiger partial charge in [-0.2, -0.15) is 4.37 Å². The van der Waals surface area contributed by atoms with Crippen LogP contribution in [-0.4, -0.2) is 36.4 Å². The van der Waals surface area contributed by atoms with Crippen LogP contribution in [0.4, 0.5) is 5.69 Å². The van der Waals surface area contributed by atoms with Gasteiger partial charge < -0.3 is 15.4 Å². The second-order valence-corrected chi connectivity index (χ2v) is 6.11. The molecule has 2 amide bonds. The van der Waals surface area contributed by atoms with E-state index in [-0.39, 0.29) is 11.8 Å². The van der Waals surface area contributed by atoms with Crippen LogP contribution in [0.1, 0.15) is 20.8 Å². The Morgan fingerprint density at radius 3 is 2.60 bits per heavy atom. The van der Waals surface area contributed by atoms with Crippen LogP contribution in [0.5, 0.6) is 0 Å². The zero-order valence-electron chi connectivity index (χ0n) is 13.6. The van der Waals surface area contributed by atoms with E-state index in [1.54, 1.807) is 31.4 Å². The van der Waals surface area contributed by atoms with Gasteiger partial charge in [-0.1, -0.05) is 18.2 Å². The van der Waals surface area contributed by atoms with Crippen molar-refractivity contribution in [3.8, 4) is 0 Å². The van der Waals surface area contributed by atoms with Gasteiger partial charge >= 0.3 is 0 Å². The molecule has 0 spiro atoms. The van der Waals surface area contributed by atoms with Crippen LogP contribution in [0.25, 0.3) is 10.1 Å². The zero-order chi connectivity index (χ0) is 17.6. The highest BCUT2D eigenvalue weighted by molar-refractivity contribution is 7.13. The van der Waals surface area contributed by atoms with Gasteiger partial charge in [0, 0.05) is 30.3 Å². The number of fused-ring (bicyclic) bond motifs is 1. The lowest BCUT2D eigenvalue weighted by Crippen LogP contribution is -2.26. The average Bonchev–Trinajstić information content (AvgIpc) is 3.06. The lowest BCUT2D eigenvalue weighted by molar-refractivity contribution is 0.0936. The first-order chi connectivity index (χ1) is 12.2. The highest BCUT2D eigenvalue weighted by atomic mass is 32.1. The van der Waals surface area contributed by atoms with Crippen molar-refractivity contribution in [2.24, 2.45) is 0 Å². The van der Waals surface area contributed by atoms with Crippen LogP contribution in [0, 0.1) is 0 Å². The summed E-state index contributed by atoms with van der Waals surface area (Å²) in [4.78, 5) is 24.3. The van der Waals surface area contributed by atoms with E-state index < -0.39 is 0 Å². The lowest BCUT2D eigenvalue weighted by Gasteiger charge is -2.07. The largest absolute Gasteiger partial charge is 0.383 e. The predicted octanol–water partition coefficient (Wildman–Crippen LogP) is 2.92. The molecule has 0 radical (unpaired) electrons. The highest BCUT2D eigenvalue weighted by Gasteiger charge is 2.14. The first kappa shape index (κ1) is 17.1. The molecule has 0 atom stereocenters. The van der Waals surface area contributed by atoms with E-state index in [9.17, 15) is 9.59 Å². The normalized spacial score (nSPS) is 10.6. The summed E-state index contributed by atoms with van der Waals surface area (Å²) in [5.74, 6) is -0.449. The molecule has 2 N–H and O–H groups in total. The summed E-state index contributed by atoms with van der Waals surface area (Å²) in [6, 6.07) is 14.3. The Morgan fingerprint density at radius 1 is 1.08 bits per heavy atom. The number of hydrogen-bond acceptors (Lipinski definition) is 5. The fraction of sp³-hybridized carbons (Fsp3) is 0.167. The fourth-order valence-electron chi connectivity index (χ4n) is 2.31. The highest BCUT2D eigenvalue weighted by Crippen LogP contribution is 2.23. The molecule has 0 bridgehead atoms. The number of benzene rings is 2. The number of amides is 2. The second kappa shape index (κ2) is 7.87. The number of ether oxygens (including phenoxy) is 1. The van der Waals surface area contributed by atoms with Gasteiger partial charge in [-0.3, -0.25) is 9.59 Å². The maximum Gasteiger partial charge on any atom is 0.276 e. The Labute approximate surface area is 149 Å². The van der Waals surface area contributed by atoms with Gasteiger partial charge in [0.2, 0.25) is 0 Å². The van der Waals surface area contributed by atoms with Gasteiger partial charge in [-0.25, -0.2) is 0 Å². The standard InChI is InChI=1S/C18H17N3O3S/c1-24-11-10-19-17(22)12-6-8-13(9-7-12)20-18(23)16-14-4-2-3-5-15(14)25-21-16/h2-9H,10-11H2,1H3,(H,19,22)(H,20,23). The minimum Gasteiger partial charge on any atom is -0.383 e. The number of carbonyl (C=O) groups is 2. The van der Waals surface area contributed by atoms with E-state index in [0.29, 0.717) is 30.1 Å². The Hall–Kier alpha value is -2.77. The van der Waals surface area contributed by atoms with Crippen LogP contribution in [0.15, 0.2) is 48.5 Å². The summed E-state index contributed by atoms with van der Waals surface area (Å²) in [6.07, 6.45) is 0. The van der Waals surface area contributed by atoms with Crippen LogP contribution in [-0.2, 0) is 4.74 Å². The molecule has 0 saturated heterocycles. The molecule has 0 aliphatic rings. The minimum absolute atomic E-state index is 0.180. The molecule has 1 heterocycles. The molecule has 0 aliphatic carbocycles. The first-order valence-electron chi connectivity index (χ1n) is 7.72. The van der Waals surface area contributed by atoms with E-state index >= 15 is 0 Å². The molecule has 1 aromatic heterocycles. The predicted molar refractivity (Wildman–Crippen MR) is 98.2 cm³/mol. The summed E-state index contributed by atoms with van der Waals surface area (Å²) in [5, 5.41) is 6.38. The Kier molecular flexibility index (Phi) is 5.37. The number of carbonyl (C=O) groups excluding carboxylic acids is 2. The molecule has 0 saturated carbocycles. The summed E-state index contributed by atoms with van der Waals surface area (Å²) >= 11 is 1.29. The van der Waals surface area contributed by atoms with Gasteiger partial charge in [0.15, 0.2) is 0 Å². The van der Waals surface area contributed by atoms with E-state index in [4.69, 9.17) is 4.74 Å². The summed E-state index contributed by atoms with van der Waals surface area (Å²) in [5.41, 5.74) is 1.53. The van der Waals surface area contributed by atoms with Crippen LogP contribution < -0.4 is 10.6 Å². The third-order valence-electron chi connectivity index (χ3n) is 3.59. The summed E-state index contributed by atoms with van der Waals surface area (Å²) in [6.45, 7) is 0.909. The van der Waals surface area contributed by atoms with Crippen molar-refractivity contribution in [3.05, 3.63) is 59.8 Å². The fourth-order valence-corrected chi connectivity index (χ4v) is 3.09. The van der Waals surface area contributed by atoms with Crippen molar-refractivity contribution in [3.63, 3.8) is 0 Å². The molecule has 0 unspecified atom stereocenters. The molecule has 7 heteroatoms. The quantitative estimate of drug-likeness (QED) is 0.666. The first-order valence-corrected chi connectivity index (χ1v) is 8.49. The molecule has 0 fully saturated rings. The Bertz CT molecular complexity index is 890. The smallest absolute Gasteiger partial charge is 0.276 e. The molecular formula is C18H17N3O3S. The number of nitrogens with zero attached hydrogens (tertiary/aromatic N) is 1. The number of anilines is 1. The average molecular weight is 355 g/mol. The van der Waals surface area contributed by atoms with E-state index in [1.807, 2.05) is 24.3 Å². The van der Waals surface area contributed by atoms with Crippen molar-refractivity contribution < 1.29 is 14.3 Å². The number of methoxy groups -OCH3 is 1. The molecule has 128 valence electrons. The van der Waals surface area contributed by atoms with Gasteiger partial charge in [0.1, 0.15) is 5.69 Å². The second-order valence-electron chi connectivity index (χ2n) is 5.31. The van der Waals surface area contributed by atoms with E-state index in [1.165, 1.54) is 11.5 Å². The molecule has 25 heavy (non-hydrogen) atoms. The lowest BCUT2D eigenvalue weighted by atomic mass is 10.2. The van der Waals surface area contributed by atoms with Crippen LogP contribution >= 0.6 is 11.5 Å². The summed E-state index contributed by atoms with van der Waals surface area (Å²) < 4.78 is 10.1. The topological polar surface area (TPSA) is 80.3 Å². The SMILES string of the molecule is COCCNC(=O)c1ccc(NC(=O)c2nsc3ccccc23)cc1. The number of nitrogens with one attached hydrogen (secondary N) is 2. The monoisotopic (exact) mass is 355 g/mol. The zero-order valence-corrected chi connectivity index (χ0v) is 14.4. The van der Waals surface area contributed by atoms with Gasteiger partial charge in [-0.15, -0.1) is 0 Å². The third kappa shape index (κ3) is 4.01. The van der Waals surface area contributed by atoms with Gasteiger partial charge in [0.25, 0.3) is 11.8 Å². The molecule has 6 nitrogen and oxygen atoms in total. The maximum absolute atomic E-state index is 12.4. The molecule has 3 rings (SSSR count). The maximum atomic E-state index is 12.4. The molecule has 3 aromatic rings. The van der Waals surface area contributed by atoms with Crippen molar-refractivity contribution in [2.45, 2.75) is 0 Å². The number of aromatic nitrogens is 1. The molecule has 2 aromatic carbocycles. The Balaban J connectivity index is 1.67. The van der Waals surface area contributed by atoms with Gasteiger partial charge in [-0.05, 0) is 41.9 Å². The van der Waals surface area contributed by atoms with E-state index in [0.717, 1.165) is 10.1 Å². The molecule has 0 aliphatic heterocycles. The van der Waals surface area contributed by atoms with Crippen molar-refractivity contribution in [1.82, 2.24) is 9.69 Å². The van der Waals surface area contributed by atoms with Crippen molar-refractivity contribution in [1.29, 1.82) is 0 Å². The Morgan fingerprint density at radius 2 is 1.84 bits per heavy atom. The van der Waals surface area contributed by atoms with Gasteiger partial charge in [0.05, 0.1) is 11.3 Å².